The van der Waals surface area contributed by atoms with Crippen molar-refractivity contribution < 1.29 is 9.53 Å². The molecule has 1 saturated heterocycles. The van der Waals surface area contributed by atoms with E-state index in [0.717, 1.165) is 43.8 Å². The van der Waals surface area contributed by atoms with Crippen molar-refractivity contribution in [3.8, 4) is 0 Å². The van der Waals surface area contributed by atoms with Crippen molar-refractivity contribution >= 4 is 22.4 Å². The molecule has 4 rings (SSSR count). The molecule has 0 saturated carbocycles. The lowest BCUT2D eigenvalue weighted by Crippen LogP contribution is -2.39. The Balaban J connectivity index is 1.44. The summed E-state index contributed by atoms with van der Waals surface area (Å²) >= 11 is 0. The van der Waals surface area contributed by atoms with Crippen LogP contribution >= 0.6 is 0 Å². The summed E-state index contributed by atoms with van der Waals surface area (Å²) in [5.41, 5.74) is 3.00. The first-order valence-corrected chi connectivity index (χ1v) is 10.9. The van der Waals surface area contributed by atoms with E-state index in [0.29, 0.717) is 30.5 Å². The minimum absolute atomic E-state index is 0.0263. The lowest BCUT2D eigenvalue weighted by atomic mass is 10.1. The predicted molar refractivity (Wildman–Crippen MR) is 124 cm³/mol. The smallest absolute Gasteiger partial charge is 0.258 e. The van der Waals surface area contributed by atoms with Gasteiger partial charge in [-0.15, -0.1) is 0 Å². The standard InChI is InChI=1S/C25H29N3O3/c1-19-4-2-5-20(18-19)8-9-24(29)26-23-7-3-6-22-21(23)10-11-28(25(22)30)13-12-27-14-16-31-17-15-27/h2-7,10-11,18H,8-9,12-17H2,1H3,(H,26,29). The Bertz CT molecular complexity index is 1120. The fourth-order valence-corrected chi connectivity index (χ4v) is 4.02. The molecule has 1 amide bonds. The number of ether oxygens (including phenoxy) is 1. The first-order valence-electron chi connectivity index (χ1n) is 10.9. The third kappa shape index (κ3) is 5.40. The molecule has 1 aliphatic rings. The number of pyridine rings is 1. The molecule has 3 aromatic rings. The van der Waals surface area contributed by atoms with Gasteiger partial charge in [0.05, 0.1) is 13.2 Å². The minimum Gasteiger partial charge on any atom is -0.379 e. The quantitative estimate of drug-likeness (QED) is 0.639. The normalized spacial score (nSPS) is 14.6. The Morgan fingerprint density at radius 3 is 2.65 bits per heavy atom. The van der Waals surface area contributed by atoms with Crippen LogP contribution in [0.4, 0.5) is 5.69 Å². The van der Waals surface area contributed by atoms with Gasteiger partial charge in [0, 0.05) is 55.3 Å². The van der Waals surface area contributed by atoms with Crippen LogP contribution in [0.15, 0.2) is 59.5 Å². The SMILES string of the molecule is Cc1cccc(CCC(=O)Nc2cccc3c(=O)n(CCN4CCOCC4)ccc23)c1. The van der Waals surface area contributed by atoms with E-state index in [1.165, 1.54) is 5.56 Å². The van der Waals surface area contributed by atoms with E-state index in [2.05, 4.69) is 16.3 Å². The highest BCUT2D eigenvalue weighted by molar-refractivity contribution is 6.01. The number of amides is 1. The number of nitrogens with zero attached hydrogens (tertiary/aromatic N) is 2. The molecular formula is C25H29N3O3. The summed E-state index contributed by atoms with van der Waals surface area (Å²) < 4.78 is 7.13. The number of hydrogen-bond donors (Lipinski definition) is 1. The maximum absolute atomic E-state index is 13.0. The van der Waals surface area contributed by atoms with Crippen LogP contribution < -0.4 is 10.9 Å². The van der Waals surface area contributed by atoms with E-state index in [-0.39, 0.29) is 11.5 Å². The van der Waals surface area contributed by atoms with Crippen LogP contribution in [0.5, 0.6) is 0 Å². The van der Waals surface area contributed by atoms with E-state index in [1.54, 1.807) is 4.57 Å². The van der Waals surface area contributed by atoms with Crippen LogP contribution in [0.3, 0.4) is 0 Å². The van der Waals surface area contributed by atoms with Gasteiger partial charge in [-0.2, -0.15) is 0 Å². The highest BCUT2D eigenvalue weighted by Crippen LogP contribution is 2.21. The topological polar surface area (TPSA) is 63.6 Å². The van der Waals surface area contributed by atoms with Gasteiger partial charge in [0.2, 0.25) is 5.91 Å². The number of anilines is 1. The number of rotatable bonds is 7. The van der Waals surface area contributed by atoms with Crippen molar-refractivity contribution in [3.05, 3.63) is 76.2 Å². The van der Waals surface area contributed by atoms with E-state index in [4.69, 9.17) is 4.74 Å². The predicted octanol–water partition coefficient (Wildman–Crippen LogP) is 3.21. The second kappa shape index (κ2) is 9.90. The molecule has 2 heterocycles. The lowest BCUT2D eigenvalue weighted by Gasteiger charge is -2.26. The second-order valence-corrected chi connectivity index (χ2v) is 8.07. The molecule has 1 N–H and O–H groups in total. The maximum Gasteiger partial charge on any atom is 0.258 e. The Labute approximate surface area is 182 Å². The summed E-state index contributed by atoms with van der Waals surface area (Å²) in [6.45, 7) is 6.82. The summed E-state index contributed by atoms with van der Waals surface area (Å²) in [4.78, 5) is 27.8. The van der Waals surface area contributed by atoms with Crippen molar-refractivity contribution in [3.63, 3.8) is 0 Å². The molecule has 1 aromatic heterocycles. The zero-order valence-electron chi connectivity index (χ0n) is 18.0. The first kappa shape index (κ1) is 21.3. The van der Waals surface area contributed by atoms with Gasteiger partial charge in [0.1, 0.15) is 0 Å². The van der Waals surface area contributed by atoms with E-state index in [1.807, 2.05) is 55.6 Å². The summed E-state index contributed by atoms with van der Waals surface area (Å²) in [6, 6.07) is 15.6. The Hall–Kier alpha value is -2.96. The Morgan fingerprint density at radius 1 is 1.03 bits per heavy atom. The van der Waals surface area contributed by atoms with Gasteiger partial charge in [-0.05, 0) is 37.1 Å². The van der Waals surface area contributed by atoms with Crippen molar-refractivity contribution in [1.29, 1.82) is 0 Å². The number of hydrogen-bond acceptors (Lipinski definition) is 4. The molecule has 0 radical (unpaired) electrons. The number of carbonyl (C=O) groups excluding carboxylic acids is 1. The molecule has 1 fully saturated rings. The summed E-state index contributed by atoms with van der Waals surface area (Å²) in [6.07, 6.45) is 2.91. The minimum atomic E-state index is -0.0505. The zero-order chi connectivity index (χ0) is 21.6. The highest BCUT2D eigenvalue weighted by Gasteiger charge is 2.12. The zero-order valence-corrected chi connectivity index (χ0v) is 18.0. The monoisotopic (exact) mass is 419 g/mol. The van der Waals surface area contributed by atoms with Gasteiger partial charge in [0.15, 0.2) is 0 Å². The molecule has 0 bridgehead atoms. The van der Waals surface area contributed by atoms with Crippen molar-refractivity contribution in [2.45, 2.75) is 26.3 Å². The van der Waals surface area contributed by atoms with Crippen molar-refractivity contribution in [1.82, 2.24) is 9.47 Å². The average Bonchev–Trinajstić information content (AvgIpc) is 2.78. The van der Waals surface area contributed by atoms with Crippen LogP contribution in [-0.2, 0) is 22.5 Å². The molecule has 1 aliphatic heterocycles. The molecule has 6 nitrogen and oxygen atoms in total. The Kier molecular flexibility index (Phi) is 6.79. The molecule has 0 unspecified atom stereocenters. The van der Waals surface area contributed by atoms with Crippen molar-refractivity contribution in [2.75, 3.05) is 38.2 Å². The van der Waals surface area contributed by atoms with Gasteiger partial charge in [-0.1, -0.05) is 35.9 Å². The number of carbonyl (C=O) groups is 1. The van der Waals surface area contributed by atoms with Crippen LogP contribution in [0.25, 0.3) is 10.8 Å². The van der Waals surface area contributed by atoms with E-state index < -0.39 is 0 Å². The number of morpholine rings is 1. The number of aromatic nitrogens is 1. The van der Waals surface area contributed by atoms with Gasteiger partial charge in [-0.25, -0.2) is 0 Å². The lowest BCUT2D eigenvalue weighted by molar-refractivity contribution is -0.116. The average molecular weight is 420 g/mol. The van der Waals surface area contributed by atoms with Gasteiger partial charge in [-0.3, -0.25) is 14.5 Å². The molecule has 0 spiro atoms. The molecule has 0 atom stereocenters. The fraction of sp³-hybridized carbons (Fsp3) is 0.360. The van der Waals surface area contributed by atoms with Gasteiger partial charge < -0.3 is 14.6 Å². The molecule has 162 valence electrons. The highest BCUT2D eigenvalue weighted by atomic mass is 16.5. The van der Waals surface area contributed by atoms with Crippen LogP contribution in [0.1, 0.15) is 17.5 Å². The van der Waals surface area contributed by atoms with E-state index in [9.17, 15) is 9.59 Å². The van der Waals surface area contributed by atoms with E-state index >= 15 is 0 Å². The number of aryl methyl sites for hydroxylation is 2. The molecule has 0 aliphatic carbocycles. The van der Waals surface area contributed by atoms with Gasteiger partial charge >= 0.3 is 0 Å². The third-order valence-corrected chi connectivity index (χ3v) is 5.78. The summed E-state index contributed by atoms with van der Waals surface area (Å²) in [5.74, 6) is -0.0505. The number of benzene rings is 2. The largest absolute Gasteiger partial charge is 0.379 e. The van der Waals surface area contributed by atoms with Crippen molar-refractivity contribution in [2.24, 2.45) is 0 Å². The first-order chi connectivity index (χ1) is 15.1. The second-order valence-electron chi connectivity index (χ2n) is 8.07. The number of nitrogens with one attached hydrogen (secondary N) is 1. The third-order valence-electron chi connectivity index (χ3n) is 5.78. The molecular weight excluding hydrogens is 390 g/mol. The summed E-state index contributed by atoms with van der Waals surface area (Å²) in [7, 11) is 0. The fourth-order valence-electron chi connectivity index (χ4n) is 4.02. The number of fused-ring (bicyclic) bond motifs is 1. The maximum atomic E-state index is 13.0. The van der Waals surface area contributed by atoms with Crippen LogP contribution in [0, 0.1) is 6.92 Å². The summed E-state index contributed by atoms with van der Waals surface area (Å²) in [5, 5.41) is 4.39. The van der Waals surface area contributed by atoms with Crippen LogP contribution in [-0.4, -0.2) is 48.2 Å². The molecule has 31 heavy (non-hydrogen) atoms. The van der Waals surface area contributed by atoms with Crippen LogP contribution in [0.2, 0.25) is 0 Å². The molecule has 6 heteroatoms. The van der Waals surface area contributed by atoms with Gasteiger partial charge in [0.25, 0.3) is 5.56 Å². The Morgan fingerprint density at radius 2 is 1.84 bits per heavy atom. The molecule has 2 aromatic carbocycles.